The molecular formula is C15H31N3O. The highest BCUT2D eigenvalue weighted by Crippen LogP contribution is 2.22. The molecule has 0 aliphatic heterocycles. The summed E-state index contributed by atoms with van der Waals surface area (Å²) in [7, 11) is 0. The van der Waals surface area contributed by atoms with Crippen molar-refractivity contribution < 1.29 is 4.79 Å². The molecule has 4 nitrogen and oxygen atoms in total. The Morgan fingerprint density at radius 3 is 2.32 bits per heavy atom. The number of rotatable bonds is 8. The second-order valence-electron chi connectivity index (χ2n) is 5.47. The molecule has 1 aliphatic carbocycles. The smallest absolute Gasteiger partial charge is 0.236 e. The van der Waals surface area contributed by atoms with E-state index in [1.807, 2.05) is 18.7 Å². The first kappa shape index (κ1) is 16.4. The molecular weight excluding hydrogens is 238 g/mol. The Balaban J connectivity index is 2.54. The maximum absolute atomic E-state index is 12.3. The average Bonchev–Trinajstić information content (AvgIpc) is 2.45. The third-order valence-electron chi connectivity index (χ3n) is 4.20. The van der Waals surface area contributed by atoms with Crippen LogP contribution in [0.2, 0.25) is 0 Å². The van der Waals surface area contributed by atoms with E-state index in [0.29, 0.717) is 19.1 Å². The Morgan fingerprint density at radius 2 is 1.79 bits per heavy atom. The van der Waals surface area contributed by atoms with Crippen LogP contribution in [-0.4, -0.2) is 54.5 Å². The van der Waals surface area contributed by atoms with Crippen molar-refractivity contribution in [2.24, 2.45) is 5.73 Å². The molecule has 1 amide bonds. The predicted octanol–water partition coefficient (Wildman–Crippen LogP) is 1.84. The summed E-state index contributed by atoms with van der Waals surface area (Å²) in [6.07, 6.45) is 7.45. The van der Waals surface area contributed by atoms with Gasteiger partial charge in [-0.25, -0.2) is 0 Å². The minimum atomic E-state index is 0.271. The van der Waals surface area contributed by atoms with Crippen LogP contribution in [0.5, 0.6) is 0 Å². The molecule has 0 aromatic rings. The van der Waals surface area contributed by atoms with Gasteiger partial charge in [0.15, 0.2) is 0 Å². The Hall–Kier alpha value is -0.610. The van der Waals surface area contributed by atoms with Crippen LogP contribution in [0.4, 0.5) is 0 Å². The van der Waals surface area contributed by atoms with Crippen molar-refractivity contribution >= 4 is 5.91 Å². The summed E-state index contributed by atoms with van der Waals surface area (Å²) in [5.41, 5.74) is 5.63. The van der Waals surface area contributed by atoms with Gasteiger partial charge in [-0.2, -0.15) is 0 Å². The van der Waals surface area contributed by atoms with Crippen LogP contribution in [0.15, 0.2) is 0 Å². The van der Waals surface area contributed by atoms with Crippen LogP contribution in [0.3, 0.4) is 0 Å². The van der Waals surface area contributed by atoms with Crippen LogP contribution in [0.25, 0.3) is 0 Å². The molecule has 19 heavy (non-hydrogen) atoms. The van der Waals surface area contributed by atoms with Crippen LogP contribution in [0.1, 0.15) is 52.4 Å². The lowest BCUT2D eigenvalue weighted by atomic mass is 9.94. The summed E-state index contributed by atoms with van der Waals surface area (Å²) in [5, 5.41) is 0. The maximum Gasteiger partial charge on any atom is 0.236 e. The van der Waals surface area contributed by atoms with E-state index in [1.165, 1.54) is 32.1 Å². The summed E-state index contributed by atoms with van der Waals surface area (Å²) in [6, 6.07) is 0.597. The molecule has 1 rings (SSSR count). The molecule has 0 unspecified atom stereocenters. The Bertz CT molecular complexity index is 248. The molecule has 2 N–H and O–H groups in total. The Kier molecular flexibility index (Phi) is 8.07. The zero-order valence-electron chi connectivity index (χ0n) is 12.7. The first-order valence-electron chi connectivity index (χ1n) is 7.94. The molecule has 0 atom stereocenters. The van der Waals surface area contributed by atoms with Gasteiger partial charge in [-0.05, 0) is 39.7 Å². The fourth-order valence-electron chi connectivity index (χ4n) is 2.98. The van der Waals surface area contributed by atoms with E-state index in [4.69, 9.17) is 5.73 Å². The number of hydrogen-bond donors (Lipinski definition) is 1. The van der Waals surface area contributed by atoms with Crippen molar-refractivity contribution in [2.75, 3.05) is 32.7 Å². The van der Waals surface area contributed by atoms with Gasteiger partial charge in [0.1, 0.15) is 0 Å². The lowest BCUT2D eigenvalue weighted by molar-refractivity contribution is -0.132. The number of hydrogen-bond acceptors (Lipinski definition) is 3. The topological polar surface area (TPSA) is 49.6 Å². The lowest BCUT2D eigenvalue weighted by Gasteiger charge is -2.35. The molecule has 0 aromatic carbocycles. The van der Waals surface area contributed by atoms with Gasteiger partial charge in [-0.3, -0.25) is 9.69 Å². The molecule has 0 aromatic heterocycles. The zero-order valence-corrected chi connectivity index (χ0v) is 12.7. The highest BCUT2D eigenvalue weighted by molar-refractivity contribution is 5.78. The van der Waals surface area contributed by atoms with Gasteiger partial charge < -0.3 is 10.6 Å². The molecule has 0 radical (unpaired) electrons. The quantitative estimate of drug-likeness (QED) is 0.731. The van der Waals surface area contributed by atoms with Gasteiger partial charge in [0.25, 0.3) is 0 Å². The Labute approximate surface area is 118 Å². The minimum absolute atomic E-state index is 0.271. The number of carbonyl (C=O) groups is 1. The van der Waals surface area contributed by atoms with Gasteiger partial charge in [-0.1, -0.05) is 19.3 Å². The van der Waals surface area contributed by atoms with Crippen molar-refractivity contribution in [1.29, 1.82) is 0 Å². The second-order valence-corrected chi connectivity index (χ2v) is 5.47. The molecule has 0 saturated heterocycles. The second kappa shape index (κ2) is 9.32. The summed E-state index contributed by atoms with van der Waals surface area (Å²) in [5.74, 6) is 0.271. The van der Waals surface area contributed by atoms with Gasteiger partial charge >= 0.3 is 0 Å². The first-order chi connectivity index (χ1) is 9.22. The molecule has 1 aliphatic rings. The summed E-state index contributed by atoms with van der Waals surface area (Å²) < 4.78 is 0. The fraction of sp³-hybridized carbons (Fsp3) is 0.933. The largest absolute Gasteiger partial charge is 0.342 e. The van der Waals surface area contributed by atoms with Crippen molar-refractivity contribution in [2.45, 2.75) is 58.4 Å². The lowest BCUT2D eigenvalue weighted by Crippen LogP contribution is -2.46. The van der Waals surface area contributed by atoms with E-state index >= 15 is 0 Å². The number of nitrogens with zero attached hydrogens (tertiary/aromatic N) is 2. The zero-order chi connectivity index (χ0) is 14.1. The molecule has 4 heteroatoms. The van der Waals surface area contributed by atoms with E-state index < -0.39 is 0 Å². The van der Waals surface area contributed by atoms with Crippen molar-refractivity contribution in [3.63, 3.8) is 0 Å². The van der Waals surface area contributed by atoms with Crippen LogP contribution in [-0.2, 0) is 4.79 Å². The standard InChI is InChI=1S/C15H31N3O/c1-3-17(4-2)15(19)13-18(12-8-11-16)14-9-6-5-7-10-14/h14H,3-13,16H2,1-2H3. The van der Waals surface area contributed by atoms with Gasteiger partial charge in [0, 0.05) is 25.7 Å². The van der Waals surface area contributed by atoms with Crippen molar-refractivity contribution in [3.8, 4) is 0 Å². The van der Waals surface area contributed by atoms with E-state index in [1.54, 1.807) is 0 Å². The number of amides is 1. The molecule has 112 valence electrons. The highest BCUT2D eigenvalue weighted by Gasteiger charge is 2.23. The van der Waals surface area contributed by atoms with E-state index in [9.17, 15) is 4.79 Å². The number of carbonyl (C=O) groups excluding carboxylic acids is 1. The van der Waals surface area contributed by atoms with Crippen LogP contribution in [0, 0.1) is 0 Å². The number of nitrogens with two attached hydrogens (primary N) is 1. The van der Waals surface area contributed by atoms with Crippen LogP contribution >= 0.6 is 0 Å². The molecule has 0 heterocycles. The van der Waals surface area contributed by atoms with E-state index in [-0.39, 0.29) is 5.91 Å². The van der Waals surface area contributed by atoms with Crippen LogP contribution < -0.4 is 5.73 Å². The summed E-state index contributed by atoms with van der Waals surface area (Å²) >= 11 is 0. The highest BCUT2D eigenvalue weighted by atomic mass is 16.2. The predicted molar refractivity (Wildman–Crippen MR) is 80.0 cm³/mol. The summed E-state index contributed by atoms with van der Waals surface area (Å²) in [6.45, 7) is 7.97. The Morgan fingerprint density at radius 1 is 1.16 bits per heavy atom. The fourth-order valence-corrected chi connectivity index (χ4v) is 2.98. The monoisotopic (exact) mass is 269 g/mol. The van der Waals surface area contributed by atoms with Gasteiger partial charge in [0.2, 0.25) is 5.91 Å². The minimum Gasteiger partial charge on any atom is -0.342 e. The van der Waals surface area contributed by atoms with Crippen molar-refractivity contribution in [3.05, 3.63) is 0 Å². The van der Waals surface area contributed by atoms with Crippen molar-refractivity contribution in [1.82, 2.24) is 9.80 Å². The molecule has 1 saturated carbocycles. The molecule has 1 fully saturated rings. The molecule has 0 bridgehead atoms. The average molecular weight is 269 g/mol. The first-order valence-corrected chi connectivity index (χ1v) is 7.94. The molecule has 0 spiro atoms. The van der Waals surface area contributed by atoms with Gasteiger partial charge in [-0.15, -0.1) is 0 Å². The third kappa shape index (κ3) is 5.49. The van der Waals surface area contributed by atoms with E-state index in [0.717, 1.165) is 26.1 Å². The number of likely N-dealkylation sites (N-methyl/N-ethyl adjacent to an activating group) is 1. The normalized spacial score (nSPS) is 16.8. The van der Waals surface area contributed by atoms with Gasteiger partial charge in [0.05, 0.1) is 6.54 Å². The van der Waals surface area contributed by atoms with E-state index in [2.05, 4.69) is 4.90 Å². The maximum atomic E-state index is 12.3. The SMILES string of the molecule is CCN(CC)C(=O)CN(CCCN)C1CCCCC1. The summed E-state index contributed by atoms with van der Waals surface area (Å²) in [4.78, 5) is 16.6. The third-order valence-corrected chi connectivity index (χ3v) is 4.20.